The number of hydrogen-bond acceptors (Lipinski definition) is 1. The smallest absolute Gasteiger partial charge is 0.129 e. The van der Waals surface area contributed by atoms with E-state index in [4.69, 9.17) is 5.11 Å². The molecule has 3 rings (SSSR count). The van der Waals surface area contributed by atoms with Gasteiger partial charge in [0.15, 0.2) is 0 Å². The van der Waals surface area contributed by atoms with Crippen molar-refractivity contribution in [2.75, 3.05) is 6.61 Å². The Kier molecular flexibility index (Phi) is 8.71. The van der Waals surface area contributed by atoms with Gasteiger partial charge in [-0.2, -0.15) is 0 Å². The number of aliphatic hydroxyl groups excluding tert-OH is 1. The summed E-state index contributed by atoms with van der Waals surface area (Å²) in [4.78, 5) is 0. The molecule has 0 aromatic heterocycles. The van der Waals surface area contributed by atoms with E-state index >= 15 is 0 Å². The number of allylic oxidation sites excluding steroid dienone is 2. The third-order valence-electron chi connectivity index (χ3n) is 7.34. The molecule has 2 aliphatic carbocycles. The Bertz CT molecular complexity index is 630. The zero-order chi connectivity index (χ0) is 20.6. The molecule has 0 radical (unpaired) electrons. The van der Waals surface area contributed by atoms with Crippen molar-refractivity contribution in [1.29, 1.82) is 0 Å². The minimum absolute atomic E-state index is 0.0401. The van der Waals surface area contributed by atoms with E-state index in [1.54, 1.807) is 12.1 Å². The Balaban J connectivity index is 1.50. The minimum Gasteiger partial charge on any atom is -0.396 e. The summed E-state index contributed by atoms with van der Waals surface area (Å²) in [5.74, 6) is 1.83. The monoisotopic (exact) mass is 404 g/mol. The van der Waals surface area contributed by atoms with Gasteiger partial charge in [-0.1, -0.05) is 25.5 Å². The molecule has 1 N–H and O–H groups in total. The van der Waals surface area contributed by atoms with Crippen LogP contribution in [0.1, 0.15) is 94.6 Å². The molecule has 0 amide bonds. The molecule has 0 unspecified atom stereocenters. The predicted molar refractivity (Wildman–Crippen MR) is 116 cm³/mol. The lowest BCUT2D eigenvalue weighted by atomic mass is 9.68. The molecule has 0 heterocycles. The van der Waals surface area contributed by atoms with Crippen molar-refractivity contribution in [3.05, 3.63) is 47.0 Å². The summed E-state index contributed by atoms with van der Waals surface area (Å²) in [6.07, 6.45) is 17.8. The van der Waals surface area contributed by atoms with Crippen molar-refractivity contribution < 1.29 is 13.9 Å². The molecule has 1 nitrogen and oxygen atoms in total. The summed E-state index contributed by atoms with van der Waals surface area (Å²) in [5.41, 5.74) is 0.956. The van der Waals surface area contributed by atoms with Crippen LogP contribution in [0.4, 0.5) is 8.78 Å². The molecule has 0 bridgehead atoms. The van der Waals surface area contributed by atoms with Gasteiger partial charge < -0.3 is 5.11 Å². The minimum atomic E-state index is -0.440. The molecule has 1 aromatic carbocycles. The van der Waals surface area contributed by atoms with Gasteiger partial charge in [-0.05, 0) is 112 Å². The maximum atomic E-state index is 14.4. The van der Waals surface area contributed by atoms with Crippen LogP contribution in [0.3, 0.4) is 0 Å². The summed E-state index contributed by atoms with van der Waals surface area (Å²) in [6.45, 7) is 2.19. The van der Waals surface area contributed by atoms with Crippen LogP contribution in [0.2, 0.25) is 0 Å². The second kappa shape index (κ2) is 11.2. The van der Waals surface area contributed by atoms with Gasteiger partial charge in [0.1, 0.15) is 11.6 Å². The van der Waals surface area contributed by atoms with E-state index in [1.807, 2.05) is 0 Å². The molecule has 0 atom stereocenters. The average molecular weight is 405 g/mol. The summed E-state index contributed by atoms with van der Waals surface area (Å²) in [7, 11) is 0. The number of hydrogen-bond donors (Lipinski definition) is 1. The van der Waals surface area contributed by atoms with Gasteiger partial charge in [-0.25, -0.2) is 8.78 Å². The first-order valence-electron chi connectivity index (χ1n) is 11.9. The fourth-order valence-electron chi connectivity index (χ4n) is 5.54. The second-order valence-electron chi connectivity index (χ2n) is 9.29. The van der Waals surface area contributed by atoms with Crippen LogP contribution in [-0.4, -0.2) is 11.7 Å². The lowest BCUT2D eigenvalue weighted by Gasteiger charge is -2.37. The average Bonchev–Trinajstić information content (AvgIpc) is 2.74. The number of halogens is 2. The van der Waals surface area contributed by atoms with Gasteiger partial charge >= 0.3 is 0 Å². The van der Waals surface area contributed by atoms with Crippen LogP contribution < -0.4 is 0 Å². The molecule has 2 fully saturated rings. The highest BCUT2D eigenvalue weighted by atomic mass is 19.1. The van der Waals surface area contributed by atoms with Crippen LogP contribution in [-0.2, 0) is 6.42 Å². The van der Waals surface area contributed by atoms with Crippen molar-refractivity contribution in [2.45, 2.75) is 89.9 Å². The quantitative estimate of drug-likeness (QED) is 0.450. The van der Waals surface area contributed by atoms with Crippen LogP contribution >= 0.6 is 0 Å². The topological polar surface area (TPSA) is 20.2 Å². The Hall–Kier alpha value is -1.22. The lowest BCUT2D eigenvalue weighted by Crippen LogP contribution is -2.25. The van der Waals surface area contributed by atoms with E-state index in [0.717, 1.165) is 36.2 Å². The highest BCUT2D eigenvalue weighted by Gasteiger charge is 2.31. The van der Waals surface area contributed by atoms with Crippen molar-refractivity contribution in [3.8, 4) is 0 Å². The van der Waals surface area contributed by atoms with E-state index in [-0.39, 0.29) is 24.5 Å². The normalized spacial score (nSPS) is 28.1. The van der Waals surface area contributed by atoms with Crippen LogP contribution in [0.15, 0.2) is 24.3 Å². The van der Waals surface area contributed by atoms with Crippen molar-refractivity contribution >= 4 is 0 Å². The van der Waals surface area contributed by atoms with Gasteiger partial charge in [0.2, 0.25) is 0 Å². The zero-order valence-corrected chi connectivity index (χ0v) is 18.0. The molecule has 162 valence electrons. The van der Waals surface area contributed by atoms with E-state index in [0.29, 0.717) is 6.42 Å². The number of benzene rings is 1. The maximum absolute atomic E-state index is 14.4. The Morgan fingerprint density at radius 2 is 1.52 bits per heavy atom. The summed E-state index contributed by atoms with van der Waals surface area (Å²) in [6, 6.07) is 3.10. The standard InChI is InChI=1S/C26H38F2O/c1-2-3-4-6-19-8-10-20(11-9-19)21-12-14-22(15-13-21)23-17-25(27)24(7-5-16-29)26(28)18-23/h4,6,17-22,29H,2-3,5,7-16H2,1H3/b6-4+. The molecule has 1 aromatic rings. The van der Waals surface area contributed by atoms with Gasteiger partial charge in [0.25, 0.3) is 0 Å². The Labute approximate surface area is 175 Å². The van der Waals surface area contributed by atoms with Crippen LogP contribution in [0, 0.1) is 29.4 Å². The van der Waals surface area contributed by atoms with Gasteiger partial charge in [0.05, 0.1) is 0 Å². The largest absolute Gasteiger partial charge is 0.396 e. The Morgan fingerprint density at radius 1 is 0.931 bits per heavy atom. The fraction of sp³-hybridized carbons (Fsp3) is 0.692. The predicted octanol–water partition coefficient (Wildman–Crippen LogP) is 7.33. The summed E-state index contributed by atoms with van der Waals surface area (Å²) in [5, 5.41) is 8.91. The molecule has 2 aliphatic rings. The highest BCUT2D eigenvalue weighted by Crippen LogP contribution is 2.44. The van der Waals surface area contributed by atoms with Gasteiger partial charge in [-0.15, -0.1) is 0 Å². The Morgan fingerprint density at radius 3 is 2.07 bits per heavy atom. The zero-order valence-electron chi connectivity index (χ0n) is 18.0. The molecule has 0 spiro atoms. The third-order valence-corrected chi connectivity index (χ3v) is 7.34. The maximum Gasteiger partial charge on any atom is 0.129 e. The van der Waals surface area contributed by atoms with E-state index < -0.39 is 11.6 Å². The van der Waals surface area contributed by atoms with Crippen LogP contribution in [0.25, 0.3) is 0 Å². The van der Waals surface area contributed by atoms with Crippen molar-refractivity contribution in [3.63, 3.8) is 0 Å². The van der Waals surface area contributed by atoms with E-state index in [2.05, 4.69) is 19.1 Å². The lowest BCUT2D eigenvalue weighted by molar-refractivity contribution is 0.171. The third kappa shape index (κ3) is 6.13. The first-order valence-corrected chi connectivity index (χ1v) is 11.9. The molecule has 0 aliphatic heterocycles. The van der Waals surface area contributed by atoms with Gasteiger partial charge in [-0.3, -0.25) is 0 Å². The van der Waals surface area contributed by atoms with Gasteiger partial charge in [0, 0.05) is 12.2 Å². The first-order chi connectivity index (χ1) is 14.1. The number of unbranched alkanes of at least 4 members (excludes halogenated alkanes) is 1. The summed E-state index contributed by atoms with van der Waals surface area (Å²) < 4.78 is 28.8. The van der Waals surface area contributed by atoms with E-state index in [1.165, 1.54) is 51.4 Å². The number of rotatable bonds is 8. The molecule has 0 saturated heterocycles. The molecule has 29 heavy (non-hydrogen) atoms. The van der Waals surface area contributed by atoms with Crippen LogP contribution in [0.5, 0.6) is 0 Å². The molecular weight excluding hydrogens is 366 g/mol. The second-order valence-corrected chi connectivity index (χ2v) is 9.29. The molecular formula is C26H38F2O. The first kappa shape index (κ1) is 22.5. The summed E-state index contributed by atoms with van der Waals surface area (Å²) >= 11 is 0. The SMILES string of the molecule is CCC/C=C/C1CCC(C2CCC(c3cc(F)c(CCCO)c(F)c3)CC2)CC1. The molecule has 2 saturated carbocycles. The highest BCUT2D eigenvalue weighted by molar-refractivity contribution is 5.29. The van der Waals surface area contributed by atoms with Crippen molar-refractivity contribution in [2.24, 2.45) is 17.8 Å². The van der Waals surface area contributed by atoms with Crippen molar-refractivity contribution in [1.82, 2.24) is 0 Å². The fourth-order valence-corrected chi connectivity index (χ4v) is 5.54. The molecule has 3 heteroatoms. The van der Waals surface area contributed by atoms with E-state index in [9.17, 15) is 8.78 Å². The number of aliphatic hydroxyl groups is 1.